The molecule has 0 saturated carbocycles. The fourth-order valence-electron chi connectivity index (χ4n) is 2.88. The van der Waals surface area contributed by atoms with Crippen LogP contribution in [-0.4, -0.2) is 47.8 Å². The van der Waals surface area contributed by atoms with Crippen LogP contribution in [0.15, 0.2) is 23.2 Å². The van der Waals surface area contributed by atoms with Gasteiger partial charge in [0.15, 0.2) is 0 Å². The summed E-state index contributed by atoms with van der Waals surface area (Å²) in [6, 6.07) is 6.55. The summed E-state index contributed by atoms with van der Waals surface area (Å²) in [7, 11) is 0. The maximum absolute atomic E-state index is 12.4. The Balaban J connectivity index is 1.80. The molecule has 1 aliphatic rings. The number of carbonyl (C=O) groups excluding carboxylic acids is 1. The molecule has 4 nitrogen and oxygen atoms in total. The summed E-state index contributed by atoms with van der Waals surface area (Å²) >= 11 is 1.56. The number of nitrogens with zero attached hydrogens (tertiary/aromatic N) is 2. The standard InChI is InChI=1S/C19H24N2O2S/c1-4-15-11-16-9-13(2)14(3)10-17(16)20-19(15)24-12-18(22)21-5-7-23-8-6-21/h9-11H,4-8,12H2,1-3H3. The zero-order valence-electron chi connectivity index (χ0n) is 14.6. The van der Waals surface area contributed by atoms with Gasteiger partial charge in [-0.2, -0.15) is 0 Å². The molecule has 2 heterocycles. The van der Waals surface area contributed by atoms with Crippen molar-refractivity contribution >= 4 is 28.6 Å². The van der Waals surface area contributed by atoms with Crippen LogP contribution in [0.5, 0.6) is 0 Å². The Hall–Kier alpha value is -1.59. The van der Waals surface area contributed by atoms with Gasteiger partial charge in [0.2, 0.25) is 5.91 Å². The van der Waals surface area contributed by atoms with Crippen LogP contribution in [0.25, 0.3) is 10.9 Å². The zero-order valence-corrected chi connectivity index (χ0v) is 15.4. The second-order valence-corrected chi connectivity index (χ2v) is 7.18. The Kier molecular flexibility index (Phi) is 5.41. The lowest BCUT2D eigenvalue weighted by Crippen LogP contribution is -2.41. The van der Waals surface area contributed by atoms with Gasteiger partial charge in [-0.25, -0.2) is 4.98 Å². The molecule has 0 spiro atoms. The maximum atomic E-state index is 12.4. The lowest BCUT2D eigenvalue weighted by molar-refractivity contribution is -0.132. The molecule has 2 aromatic rings. The lowest BCUT2D eigenvalue weighted by atomic mass is 10.0. The van der Waals surface area contributed by atoms with Gasteiger partial charge in [0.25, 0.3) is 0 Å². The van der Waals surface area contributed by atoms with Crippen molar-refractivity contribution in [1.82, 2.24) is 9.88 Å². The molecular weight excluding hydrogens is 320 g/mol. The van der Waals surface area contributed by atoms with Gasteiger partial charge in [-0.3, -0.25) is 4.79 Å². The van der Waals surface area contributed by atoms with Gasteiger partial charge in [-0.1, -0.05) is 18.7 Å². The Labute approximate surface area is 147 Å². The number of fused-ring (bicyclic) bond motifs is 1. The molecule has 1 aromatic heterocycles. The van der Waals surface area contributed by atoms with Gasteiger partial charge in [-0.05, 0) is 55.2 Å². The Morgan fingerprint density at radius 3 is 2.62 bits per heavy atom. The highest BCUT2D eigenvalue weighted by molar-refractivity contribution is 7.99. The normalized spacial score (nSPS) is 15.0. The van der Waals surface area contributed by atoms with Gasteiger partial charge in [0.1, 0.15) is 5.03 Å². The number of pyridine rings is 1. The van der Waals surface area contributed by atoms with E-state index in [0.29, 0.717) is 32.1 Å². The van der Waals surface area contributed by atoms with Crippen LogP contribution < -0.4 is 0 Å². The van der Waals surface area contributed by atoms with Crippen molar-refractivity contribution in [3.8, 4) is 0 Å². The summed E-state index contributed by atoms with van der Waals surface area (Å²) < 4.78 is 5.31. The van der Waals surface area contributed by atoms with Gasteiger partial charge in [0.05, 0.1) is 24.5 Å². The SMILES string of the molecule is CCc1cc2cc(C)c(C)cc2nc1SCC(=O)N1CCOCC1. The number of rotatable bonds is 4. The van der Waals surface area contributed by atoms with E-state index in [2.05, 4.69) is 39.0 Å². The summed E-state index contributed by atoms with van der Waals surface area (Å²) in [6.07, 6.45) is 0.921. The van der Waals surface area contributed by atoms with Crippen LogP contribution in [-0.2, 0) is 16.0 Å². The minimum Gasteiger partial charge on any atom is -0.378 e. The highest BCUT2D eigenvalue weighted by Gasteiger charge is 2.18. The first-order chi connectivity index (χ1) is 11.6. The Bertz CT molecular complexity index is 755. The molecule has 0 aliphatic carbocycles. The predicted molar refractivity (Wildman–Crippen MR) is 98.7 cm³/mol. The van der Waals surface area contributed by atoms with E-state index in [1.807, 2.05) is 4.90 Å². The predicted octanol–water partition coefficient (Wildman–Crippen LogP) is 3.36. The number of aromatic nitrogens is 1. The van der Waals surface area contributed by atoms with Crippen molar-refractivity contribution < 1.29 is 9.53 Å². The van der Waals surface area contributed by atoms with E-state index in [-0.39, 0.29) is 5.91 Å². The van der Waals surface area contributed by atoms with Crippen molar-refractivity contribution in [2.75, 3.05) is 32.1 Å². The summed E-state index contributed by atoms with van der Waals surface area (Å²) in [5.41, 5.74) is 4.76. The molecule has 0 N–H and O–H groups in total. The van der Waals surface area contributed by atoms with Gasteiger partial charge < -0.3 is 9.64 Å². The van der Waals surface area contributed by atoms with E-state index >= 15 is 0 Å². The molecule has 0 radical (unpaired) electrons. The molecule has 1 saturated heterocycles. The molecule has 3 rings (SSSR count). The van der Waals surface area contributed by atoms with Gasteiger partial charge in [-0.15, -0.1) is 0 Å². The summed E-state index contributed by atoms with van der Waals surface area (Å²) in [5, 5.41) is 2.16. The number of morpholine rings is 1. The highest BCUT2D eigenvalue weighted by Crippen LogP contribution is 2.27. The lowest BCUT2D eigenvalue weighted by Gasteiger charge is -2.26. The van der Waals surface area contributed by atoms with E-state index < -0.39 is 0 Å². The fraction of sp³-hybridized carbons (Fsp3) is 0.474. The molecule has 0 unspecified atom stereocenters. The summed E-state index contributed by atoms with van der Waals surface area (Å²) in [5.74, 6) is 0.614. The highest BCUT2D eigenvalue weighted by atomic mass is 32.2. The monoisotopic (exact) mass is 344 g/mol. The molecule has 1 aliphatic heterocycles. The second kappa shape index (κ2) is 7.53. The second-order valence-electron chi connectivity index (χ2n) is 6.22. The number of thioether (sulfide) groups is 1. The van der Waals surface area contributed by atoms with Gasteiger partial charge >= 0.3 is 0 Å². The molecule has 1 aromatic carbocycles. The number of ether oxygens (including phenoxy) is 1. The first-order valence-electron chi connectivity index (χ1n) is 8.47. The van der Waals surface area contributed by atoms with Crippen molar-refractivity contribution in [2.24, 2.45) is 0 Å². The third-order valence-corrected chi connectivity index (χ3v) is 5.56. The quantitative estimate of drug-likeness (QED) is 0.798. The number of hydrogen-bond acceptors (Lipinski definition) is 4. The molecule has 0 atom stereocenters. The van der Waals surface area contributed by atoms with Crippen LogP contribution in [0, 0.1) is 13.8 Å². The molecule has 24 heavy (non-hydrogen) atoms. The third-order valence-electron chi connectivity index (χ3n) is 4.55. The van der Waals surface area contributed by atoms with E-state index in [4.69, 9.17) is 9.72 Å². The zero-order chi connectivity index (χ0) is 17.1. The van der Waals surface area contributed by atoms with Crippen molar-refractivity contribution in [2.45, 2.75) is 32.2 Å². The summed E-state index contributed by atoms with van der Waals surface area (Å²) in [4.78, 5) is 19.1. The molecule has 1 amide bonds. The largest absolute Gasteiger partial charge is 0.378 e. The van der Waals surface area contributed by atoms with Crippen molar-refractivity contribution in [3.63, 3.8) is 0 Å². The van der Waals surface area contributed by atoms with Crippen molar-refractivity contribution in [1.29, 1.82) is 0 Å². The number of aryl methyl sites for hydroxylation is 3. The van der Waals surface area contributed by atoms with Crippen LogP contribution in [0.1, 0.15) is 23.6 Å². The average Bonchev–Trinajstić information content (AvgIpc) is 2.61. The molecular formula is C19H24N2O2S. The van der Waals surface area contributed by atoms with Crippen LogP contribution in [0.3, 0.4) is 0 Å². The average molecular weight is 344 g/mol. The number of carbonyl (C=O) groups is 1. The van der Waals surface area contributed by atoms with Gasteiger partial charge in [0, 0.05) is 18.5 Å². The van der Waals surface area contributed by atoms with E-state index in [0.717, 1.165) is 17.0 Å². The topological polar surface area (TPSA) is 42.4 Å². The number of amides is 1. The van der Waals surface area contributed by atoms with E-state index in [1.54, 1.807) is 11.8 Å². The minimum absolute atomic E-state index is 0.173. The van der Waals surface area contributed by atoms with Crippen LogP contribution >= 0.6 is 11.8 Å². The fourth-order valence-corrected chi connectivity index (χ4v) is 3.87. The molecule has 5 heteroatoms. The minimum atomic E-state index is 0.173. The van der Waals surface area contributed by atoms with E-state index in [1.165, 1.54) is 22.1 Å². The Morgan fingerprint density at radius 2 is 1.92 bits per heavy atom. The van der Waals surface area contributed by atoms with Crippen molar-refractivity contribution in [3.05, 3.63) is 34.9 Å². The van der Waals surface area contributed by atoms with E-state index in [9.17, 15) is 4.79 Å². The maximum Gasteiger partial charge on any atom is 0.233 e. The first kappa shape index (κ1) is 17.2. The molecule has 1 fully saturated rings. The Morgan fingerprint density at radius 1 is 1.21 bits per heavy atom. The van der Waals surface area contributed by atoms with Crippen LogP contribution in [0.2, 0.25) is 0 Å². The smallest absolute Gasteiger partial charge is 0.233 e. The summed E-state index contributed by atoms with van der Waals surface area (Å²) in [6.45, 7) is 9.06. The number of benzene rings is 1. The van der Waals surface area contributed by atoms with Crippen LogP contribution in [0.4, 0.5) is 0 Å². The third kappa shape index (κ3) is 3.73. The first-order valence-corrected chi connectivity index (χ1v) is 9.46. The molecule has 128 valence electrons. The number of hydrogen-bond donors (Lipinski definition) is 0. The molecule has 0 bridgehead atoms.